The maximum Gasteiger partial charge on any atom is 0.132 e. The van der Waals surface area contributed by atoms with E-state index in [9.17, 15) is 4.79 Å². The van der Waals surface area contributed by atoms with Gasteiger partial charge in [-0.3, -0.25) is 4.79 Å². The smallest absolute Gasteiger partial charge is 0.132 e. The Morgan fingerprint density at radius 3 is 2.88 bits per heavy atom. The molecule has 1 N–H and O–H groups in total. The van der Waals surface area contributed by atoms with Crippen molar-refractivity contribution in [2.75, 3.05) is 13.1 Å². The van der Waals surface area contributed by atoms with Gasteiger partial charge in [-0.2, -0.15) is 0 Å². The van der Waals surface area contributed by atoms with Gasteiger partial charge in [0, 0.05) is 12.8 Å². The normalized spacial score (nSPS) is 19.9. The Hall–Kier alpha value is -0.630. The number of hydrogen-bond acceptors (Lipinski definition) is 2. The fourth-order valence-corrected chi connectivity index (χ4v) is 2.24. The second-order valence-electron chi connectivity index (χ2n) is 4.82. The third-order valence-electron chi connectivity index (χ3n) is 3.36. The number of carbonyl (C=O) groups is 1. The molecule has 1 unspecified atom stereocenters. The van der Waals surface area contributed by atoms with Crippen molar-refractivity contribution >= 4 is 5.78 Å². The van der Waals surface area contributed by atoms with Gasteiger partial charge in [-0.25, -0.2) is 0 Å². The molecule has 0 bridgehead atoms. The van der Waals surface area contributed by atoms with Crippen LogP contribution in [0.5, 0.6) is 0 Å². The lowest BCUT2D eigenvalue weighted by molar-refractivity contribution is -0.119. The average molecular weight is 223 g/mol. The quantitative estimate of drug-likeness (QED) is 0.481. The van der Waals surface area contributed by atoms with Gasteiger partial charge < -0.3 is 5.32 Å². The van der Waals surface area contributed by atoms with E-state index in [1.165, 1.54) is 19.3 Å². The van der Waals surface area contributed by atoms with E-state index in [0.717, 1.165) is 51.1 Å². The van der Waals surface area contributed by atoms with Crippen molar-refractivity contribution in [3.63, 3.8) is 0 Å². The molecule has 0 saturated carbocycles. The highest BCUT2D eigenvalue weighted by Crippen LogP contribution is 2.15. The van der Waals surface area contributed by atoms with Crippen LogP contribution < -0.4 is 5.32 Å². The minimum Gasteiger partial charge on any atom is -0.316 e. The summed E-state index contributed by atoms with van der Waals surface area (Å²) in [7, 11) is 0. The second kappa shape index (κ2) is 8.51. The highest BCUT2D eigenvalue weighted by atomic mass is 16.1. The standard InChI is InChI=1S/C14H25NO/c1-2-3-4-5-6-7-14(16)9-8-13-10-11-15-12-13/h2,13,15H,1,3-12H2. The van der Waals surface area contributed by atoms with Gasteiger partial charge in [0.05, 0.1) is 0 Å². The molecule has 1 saturated heterocycles. The highest BCUT2D eigenvalue weighted by molar-refractivity contribution is 5.78. The van der Waals surface area contributed by atoms with Crippen molar-refractivity contribution in [1.82, 2.24) is 5.32 Å². The van der Waals surface area contributed by atoms with E-state index >= 15 is 0 Å². The van der Waals surface area contributed by atoms with E-state index in [4.69, 9.17) is 0 Å². The van der Waals surface area contributed by atoms with E-state index in [1.807, 2.05) is 6.08 Å². The van der Waals surface area contributed by atoms with Crippen LogP contribution in [-0.2, 0) is 4.79 Å². The first-order chi connectivity index (χ1) is 7.83. The van der Waals surface area contributed by atoms with Crippen LogP contribution in [0.3, 0.4) is 0 Å². The molecule has 1 heterocycles. The summed E-state index contributed by atoms with van der Waals surface area (Å²) in [5.41, 5.74) is 0. The summed E-state index contributed by atoms with van der Waals surface area (Å²) in [6.07, 6.45) is 10.4. The number of carbonyl (C=O) groups excluding carboxylic acids is 1. The Labute approximate surface area is 99.5 Å². The zero-order valence-corrected chi connectivity index (χ0v) is 10.3. The summed E-state index contributed by atoms with van der Waals surface area (Å²) in [5, 5.41) is 3.34. The summed E-state index contributed by atoms with van der Waals surface area (Å²) in [4.78, 5) is 11.6. The first-order valence-corrected chi connectivity index (χ1v) is 6.66. The average Bonchev–Trinajstić information content (AvgIpc) is 2.79. The van der Waals surface area contributed by atoms with Gasteiger partial charge in [0.2, 0.25) is 0 Å². The Balaban J connectivity index is 1.91. The third kappa shape index (κ3) is 6.06. The van der Waals surface area contributed by atoms with Crippen LogP contribution >= 0.6 is 0 Å². The predicted octanol–water partition coefficient (Wildman–Crippen LogP) is 3.08. The molecule has 0 aromatic heterocycles. The first kappa shape index (κ1) is 13.4. The molecule has 0 spiro atoms. The van der Waals surface area contributed by atoms with Crippen molar-refractivity contribution in [3.05, 3.63) is 12.7 Å². The van der Waals surface area contributed by atoms with Crippen molar-refractivity contribution in [2.45, 2.75) is 51.4 Å². The van der Waals surface area contributed by atoms with Crippen LogP contribution in [0, 0.1) is 5.92 Å². The zero-order chi connectivity index (χ0) is 11.6. The Kier molecular flexibility index (Phi) is 7.15. The molecule has 1 fully saturated rings. The van der Waals surface area contributed by atoms with Gasteiger partial charge in [0.25, 0.3) is 0 Å². The molecule has 1 rings (SSSR count). The number of Topliss-reactive ketones (excluding diaryl/α,β-unsaturated/α-hetero) is 1. The fraction of sp³-hybridized carbons (Fsp3) is 0.786. The van der Waals surface area contributed by atoms with Gasteiger partial charge in [0.15, 0.2) is 0 Å². The molecule has 0 amide bonds. The Morgan fingerprint density at radius 2 is 2.19 bits per heavy atom. The van der Waals surface area contributed by atoms with Gasteiger partial charge in [-0.15, -0.1) is 6.58 Å². The topological polar surface area (TPSA) is 29.1 Å². The van der Waals surface area contributed by atoms with Crippen LogP contribution in [0.4, 0.5) is 0 Å². The van der Waals surface area contributed by atoms with E-state index < -0.39 is 0 Å². The van der Waals surface area contributed by atoms with Crippen LogP contribution in [0.2, 0.25) is 0 Å². The van der Waals surface area contributed by atoms with Crippen molar-refractivity contribution in [1.29, 1.82) is 0 Å². The molecular formula is C14H25NO. The molecule has 0 aromatic rings. The van der Waals surface area contributed by atoms with Gasteiger partial charge in [0.1, 0.15) is 5.78 Å². The number of hydrogen-bond donors (Lipinski definition) is 1. The number of ketones is 1. The van der Waals surface area contributed by atoms with Crippen molar-refractivity contribution in [2.24, 2.45) is 5.92 Å². The van der Waals surface area contributed by atoms with Crippen LogP contribution in [0.15, 0.2) is 12.7 Å². The predicted molar refractivity (Wildman–Crippen MR) is 68.5 cm³/mol. The van der Waals surface area contributed by atoms with Crippen LogP contribution in [-0.4, -0.2) is 18.9 Å². The Bertz CT molecular complexity index is 207. The summed E-state index contributed by atoms with van der Waals surface area (Å²) >= 11 is 0. The van der Waals surface area contributed by atoms with E-state index in [1.54, 1.807) is 0 Å². The molecule has 1 atom stereocenters. The highest BCUT2D eigenvalue weighted by Gasteiger charge is 2.15. The number of allylic oxidation sites excluding steroid dienone is 1. The number of nitrogens with one attached hydrogen (secondary N) is 1. The van der Waals surface area contributed by atoms with Crippen LogP contribution in [0.25, 0.3) is 0 Å². The van der Waals surface area contributed by atoms with Gasteiger partial charge in [-0.05, 0) is 51.1 Å². The molecule has 0 aliphatic carbocycles. The minimum atomic E-state index is 0.463. The molecule has 1 aliphatic rings. The lowest BCUT2D eigenvalue weighted by Gasteiger charge is -2.06. The number of rotatable bonds is 9. The fourth-order valence-electron chi connectivity index (χ4n) is 2.24. The lowest BCUT2D eigenvalue weighted by atomic mass is 9.99. The van der Waals surface area contributed by atoms with Crippen molar-refractivity contribution in [3.8, 4) is 0 Å². The molecule has 16 heavy (non-hydrogen) atoms. The molecular weight excluding hydrogens is 198 g/mol. The minimum absolute atomic E-state index is 0.463. The largest absolute Gasteiger partial charge is 0.316 e. The molecule has 2 nitrogen and oxygen atoms in total. The molecule has 1 aliphatic heterocycles. The monoisotopic (exact) mass is 223 g/mol. The SMILES string of the molecule is C=CCCCCCC(=O)CCC1CCNC1. The summed E-state index contributed by atoms with van der Waals surface area (Å²) in [6, 6.07) is 0. The van der Waals surface area contributed by atoms with E-state index in [2.05, 4.69) is 11.9 Å². The van der Waals surface area contributed by atoms with E-state index in [0.29, 0.717) is 5.78 Å². The van der Waals surface area contributed by atoms with Crippen molar-refractivity contribution < 1.29 is 4.79 Å². The summed E-state index contributed by atoms with van der Waals surface area (Å²) in [6.45, 7) is 5.95. The second-order valence-corrected chi connectivity index (χ2v) is 4.82. The van der Waals surface area contributed by atoms with Crippen LogP contribution in [0.1, 0.15) is 51.4 Å². The maximum absolute atomic E-state index is 11.6. The lowest BCUT2D eigenvalue weighted by Crippen LogP contribution is -2.10. The molecule has 92 valence electrons. The molecule has 0 aromatic carbocycles. The maximum atomic E-state index is 11.6. The summed E-state index contributed by atoms with van der Waals surface area (Å²) in [5.74, 6) is 1.22. The first-order valence-electron chi connectivity index (χ1n) is 6.66. The summed E-state index contributed by atoms with van der Waals surface area (Å²) < 4.78 is 0. The zero-order valence-electron chi connectivity index (χ0n) is 10.3. The molecule has 0 radical (unpaired) electrons. The Morgan fingerprint density at radius 1 is 1.31 bits per heavy atom. The third-order valence-corrected chi connectivity index (χ3v) is 3.36. The van der Waals surface area contributed by atoms with E-state index in [-0.39, 0.29) is 0 Å². The number of unbranched alkanes of at least 4 members (excludes halogenated alkanes) is 3. The van der Waals surface area contributed by atoms with Gasteiger partial charge >= 0.3 is 0 Å². The molecule has 2 heteroatoms. The van der Waals surface area contributed by atoms with Gasteiger partial charge in [-0.1, -0.05) is 12.5 Å².